The average molecular weight is 514 g/mol. The molecule has 2 aromatic carbocycles. The van der Waals surface area contributed by atoms with Crippen LogP contribution in [0.2, 0.25) is 10.0 Å². The highest BCUT2D eigenvalue weighted by molar-refractivity contribution is 9.10. The molecule has 0 aliphatic carbocycles. The quantitative estimate of drug-likeness (QED) is 0.463. The van der Waals surface area contributed by atoms with Crippen molar-refractivity contribution in [3.8, 4) is 5.75 Å². The van der Waals surface area contributed by atoms with Crippen molar-refractivity contribution >= 4 is 74.7 Å². The molecule has 0 unspecified atom stereocenters. The van der Waals surface area contributed by atoms with Crippen molar-refractivity contribution in [1.82, 2.24) is 5.32 Å². The molecule has 1 fully saturated rings. The van der Waals surface area contributed by atoms with Gasteiger partial charge < -0.3 is 9.84 Å². The van der Waals surface area contributed by atoms with Gasteiger partial charge in [0.05, 0.1) is 15.7 Å². The zero-order chi connectivity index (χ0) is 22.0. The van der Waals surface area contributed by atoms with Gasteiger partial charge in [-0.15, -0.1) is 0 Å². The van der Waals surface area contributed by atoms with Crippen LogP contribution in [0, 0.1) is 0 Å². The summed E-state index contributed by atoms with van der Waals surface area (Å²) in [6, 6.07) is 8.18. The number of aliphatic carboxylic acids is 1. The number of amides is 4. The largest absolute Gasteiger partial charge is 0.479 e. The summed E-state index contributed by atoms with van der Waals surface area (Å²) in [5.41, 5.74) is 0.229. The number of nitrogens with one attached hydrogen (secondary N) is 1. The maximum Gasteiger partial charge on any atom is 0.341 e. The van der Waals surface area contributed by atoms with Crippen LogP contribution in [0.4, 0.5) is 10.5 Å². The minimum atomic E-state index is -1.21. The summed E-state index contributed by atoms with van der Waals surface area (Å²) in [7, 11) is 0. The number of carbonyl (C=O) groups is 4. The predicted molar refractivity (Wildman–Crippen MR) is 113 cm³/mol. The topological polar surface area (TPSA) is 113 Å². The second-order valence-corrected chi connectivity index (χ2v) is 7.66. The van der Waals surface area contributed by atoms with E-state index in [9.17, 15) is 19.2 Å². The lowest BCUT2D eigenvalue weighted by Gasteiger charge is -2.26. The number of carbonyl (C=O) groups excluding carboxylic acids is 3. The Bertz CT molecular complexity index is 1080. The van der Waals surface area contributed by atoms with Crippen molar-refractivity contribution in [2.45, 2.75) is 0 Å². The molecule has 4 amide bonds. The number of rotatable bonds is 5. The van der Waals surface area contributed by atoms with Crippen molar-refractivity contribution in [3.63, 3.8) is 0 Å². The SMILES string of the molecule is O=C(O)COc1c(Cl)cc(/C=C2\C(=O)NC(=O)N(c3ccc(Br)cc3)C2=O)cc1Cl. The van der Waals surface area contributed by atoms with Gasteiger partial charge in [-0.2, -0.15) is 0 Å². The number of imide groups is 2. The predicted octanol–water partition coefficient (Wildman–Crippen LogP) is 3.89. The summed E-state index contributed by atoms with van der Waals surface area (Å²) < 4.78 is 5.78. The normalized spacial score (nSPS) is 15.4. The minimum Gasteiger partial charge on any atom is -0.479 e. The van der Waals surface area contributed by atoms with E-state index >= 15 is 0 Å². The Morgan fingerprint density at radius 1 is 1.13 bits per heavy atom. The van der Waals surface area contributed by atoms with Gasteiger partial charge in [0, 0.05) is 4.47 Å². The van der Waals surface area contributed by atoms with Gasteiger partial charge >= 0.3 is 12.0 Å². The standard InChI is InChI=1S/C19H11BrCl2N2O6/c20-10-1-3-11(4-2-10)24-18(28)12(17(27)23-19(24)29)5-9-6-13(21)16(14(22)7-9)30-8-15(25)26/h1-7H,8H2,(H,25,26)(H,23,27,29)/b12-5+. The summed E-state index contributed by atoms with van der Waals surface area (Å²) >= 11 is 15.4. The molecule has 3 rings (SSSR count). The second-order valence-electron chi connectivity index (χ2n) is 5.93. The van der Waals surface area contributed by atoms with E-state index in [-0.39, 0.29) is 32.6 Å². The van der Waals surface area contributed by atoms with Crippen LogP contribution in [0.15, 0.2) is 46.4 Å². The fourth-order valence-corrected chi connectivity index (χ4v) is 3.46. The highest BCUT2D eigenvalue weighted by Crippen LogP contribution is 2.35. The van der Waals surface area contributed by atoms with E-state index in [1.54, 1.807) is 12.1 Å². The van der Waals surface area contributed by atoms with Crippen LogP contribution in [-0.2, 0) is 14.4 Å². The van der Waals surface area contributed by atoms with Crippen LogP contribution in [0.1, 0.15) is 5.56 Å². The number of benzene rings is 2. The number of halogens is 3. The van der Waals surface area contributed by atoms with E-state index in [2.05, 4.69) is 21.2 Å². The zero-order valence-corrected chi connectivity index (χ0v) is 17.9. The van der Waals surface area contributed by atoms with Gasteiger partial charge in [-0.1, -0.05) is 39.1 Å². The number of anilines is 1. The highest BCUT2D eigenvalue weighted by atomic mass is 79.9. The number of carboxylic acid groups (broad SMARTS) is 1. The molecule has 1 aliphatic rings. The fraction of sp³-hybridized carbons (Fsp3) is 0.0526. The Kier molecular flexibility index (Phi) is 6.45. The molecule has 0 bridgehead atoms. The molecule has 30 heavy (non-hydrogen) atoms. The molecule has 1 aliphatic heterocycles. The van der Waals surface area contributed by atoms with Gasteiger partial charge in [-0.3, -0.25) is 14.9 Å². The first kappa shape index (κ1) is 21.8. The number of hydrogen-bond donors (Lipinski definition) is 2. The molecule has 0 atom stereocenters. The fourth-order valence-electron chi connectivity index (χ4n) is 2.58. The van der Waals surface area contributed by atoms with E-state index in [0.717, 1.165) is 9.37 Å². The molecule has 8 nitrogen and oxygen atoms in total. The van der Waals surface area contributed by atoms with Crippen molar-refractivity contribution in [2.75, 3.05) is 11.5 Å². The van der Waals surface area contributed by atoms with E-state index in [1.807, 2.05) is 0 Å². The van der Waals surface area contributed by atoms with Crippen LogP contribution >= 0.6 is 39.1 Å². The third kappa shape index (κ3) is 4.64. The summed E-state index contributed by atoms with van der Waals surface area (Å²) in [6.45, 7) is -0.648. The van der Waals surface area contributed by atoms with Crippen LogP contribution in [0.3, 0.4) is 0 Å². The summed E-state index contributed by atoms with van der Waals surface area (Å²) in [6.07, 6.45) is 1.22. The lowest BCUT2D eigenvalue weighted by Crippen LogP contribution is -2.54. The number of ether oxygens (including phenoxy) is 1. The van der Waals surface area contributed by atoms with E-state index in [4.69, 9.17) is 33.0 Å². The first-order chi connectivity index (χ1) is 14.2. The molecule has 1 saturated heterocycles. The third-order valence-corrected chi connectivity index (χ3v) is 4.95. The smallest absolute Gasteiger partial charge is 0.341 e. The highest BCUT2D eigenvalue weighted by Gasteiger charge is 2.36. The molecule has 0 spiro atoms. The van der Waals surface area contributed by atoms with Gasteiger partial charge in [0.1, 0.15) is 5.57 Å². The molecule has 0 radical (unpaired) electrons. The monoisotopic (exact) mass is 512 g/mol. The minimum absolute atomic E-state index is 0.0138. The summed E-state index contributed by atoms with van der Waals surface area (Å²) in [4.78, 5) is 48.8. The van der Waals surface area contributed by atoms with E-state index < -0.39 is 30.4 Å². The van der Waals surface area contributed by atoms with Gasteiger partial charge in [0.15, 0.2) is 12.4 Å². The average Bonchev–Trinajstić information content (AvgIpc) is 2.65. The van der Waals surface area contributed by atoms with Crippen molar-refractivity contribution in [1.29, 1.82) is 0 Å². The molecule has 0 saturated carbocycles. The number of carboxylic acids is 1. The first-order valence-corrected chi connectivity index (χ1v) is 9.73. The van der Waals surface area contributed by atoms with Crippen LogP contribution < -0.4 is 15.0 Å². The lowest BCUT2D eigenvalue weighted by molar-refractivity contribution is -0.139. The number of hydrogen-bond acceptors (Lipinski definition) is 5. The molecule has 1 heterocycles. The number of barbiturate groups is 1. The Morgan fingerprint density at radius 2 is 1.73 bits per heavy atom. The molecular formula is C19H11BrCl2N2O6. The molecule has 154 valence electrons. The molecule has 2 aromatic rings. The van der Waals surface area contributed by atoms with Crippen LogP contribution in [0.25, 0.3) is 6.08 Å². The molecule has 11 heteroatoms. The van der Waals surface area contributed by atoms with E-state index in [0.29, 0.717) is 0 Å². The van der Waals surface area contributed by atoms with Crippen LogP contribution in [0.5, 0.6) is 5.75 Å². The van der Waals surface area contributed by atoms with Gasteiger partial charge in [-0.25, -0.2) is 14.5 Å². The van der Waals surface area contributed by atoms with Crippen LogP contribution in [-0.4, -0.2) is 35.5 Å². The molecule has 2 N–H and O–H groups in total. The second kappa shape index (κ2) is 8.86. The van der Waals surface area contributed by atoms with Gasteiger partial charge in [-0.05, 0) is 48.0 Å². The van der Waals surface area contributed by atoms with E-state index in [1.165, 1.54) is 30.3 Å². The Hall–Kier alpha value is -2.88. The first-order valence-electron chi connectivity index (χ1n) is 8.18. The summed E-state index contributed by atoms with van der Waals surface area (Å²) in [5.74, 6) is -2.97. The molecule has 0 aromatic heterocycles. The van der Waals surface area contributed by atoms with Gasteiger partial charge in [0.25, 0.3) is 11.8 Å². The third-order valence-electron chi connectivity index (χ3n) is 3.86. The van der Waals surface area contributed by atoms with Crippen molar-refractivity contribution in [2.24, 2.45) is 0 Å². The number of nitrogens with zero attached hydrogens (tertiary/aromatic N) is 1. The zero-order valence-electron chi connectivity index (χ0n) is 14.8. The van der Waals surface area contributed by atoms with Crippen molar-refractivity contribution in [3.05, 3.63) is 62.1 Å². The van der Waals surface area contributed by atoms with Crippen molar-refractivity contribution < 1.29 is 29.0 Å². The molecular weight excluding hydrogens is 503 g/mol. The summed E-state index contributed by atoms with van der Waals surface area (Å²) in [5, 5.41) is 10.8. The Balaban J connectivity index is 1.96. The Labute approximate surface area is 188 Å². The van der Waals surface area contributed by atoms with Gasteiger partial charge in [0.2, 0.25) is 0 Å². The number of urea groups is 1. The Morgan fingerprint density at radius 3 is 2.30 bits per heavy atom. The lowest BCUT2D eigenvalue weighted by atomic mass is 10.1. The maximum atomic E-state index is 12.9. The maximum absolute atomic E-state index is 12.9.